The van der Waals surface area contributed by atoms with Crippen LogP contribution in [0, 0.1) is 5.82 Å². The minimum absolute atomic E-state index is 0.190. The van der Waals surface area contributed by atoms with Gasteiger partial charge in [-0.15, -0.1) is 0 Å². The van der Waals surface area contributed by atoms with Gasteiger partial charge < -0.3 is 0 Å². The van der Waals surface area contributed by atoms with Crippen LogP contribution in [-0.4, -0.2) is 0 Å². The zero-order valence-electron chi connectivity index (χ0n) is 12.5. The Labute approximate surface area is 132 Å². The highest BCUT2D eigenvalue weighted by Crippen LogP contribution is 2.17. The molecule has 112 valence electrons. The lowest BCUT2D eigenvalue weighted by Crippen LogP contribution is -1.93. The summed E-state index contributed by atoms with van der Waals surface area (Å²) in [4.78, 5) is 0. The Morgan fingerprint density at radius 1 is 0.810 bits per heavy atom. The molecule has 21 heavy (non-hydrogen) atoms. The third kappa shape index (κ3) is 5.17. The van der Waals surface area contributed by atoms with E-state index in [1.807, 2.05) is 6.07 Å². The minimum Gasteiger partial charge on any atom is -0.205 e. The maximum Gasteiger partial charge on any atom is 0.142 e. The monoisotopic (exact) mass is 304 g/mol. The standard InChI is InChI=1S/C19H22ClF/c1-2-3-4-5-15-6-8-16(9-7-15)10-11-17-12-13-18(20)19(21)14-17/h6-9,12-14H,2-5,10-11H2,1H3. The summed E-state index contributed by atoms with van der Waals surface area (Å²) in [6.45, 7) is 2.22. The molecule has 2 aromatic rings. The van der Waals surface area contributed by atoms with Crippen molar-refractivity contribution < 1.29 is 4.39 Å². The molecule has 0 amide bonds. The number of hydrogen-bond donors (Lipinski definition) is 0. The molecule has 0 heterocycles. The molecule has 0 radical (unpaired) electrons. The van der Waals surface area contributed by atoms with Gasteiger partial charge in [0.05, 0.1) is 5.02 Å². The summed E-state index contributed by atoms with van der Waals surface area (Å²) in [6.07, 6.45) is 6.75. The summed E-state index contributed by atoms with van der Waals surface area (Å²) in [6, 6.07) is 13.9. The maximum atomic E-state index is 13.4. The van der Waals surface area contributed by atoms with E-state index in [1.165, 1.54) is 36.5 Å². The van der Waals surface area contributed by atoms with Crippen LogP contribution >= 0.6 is 11.6 Å². The van der Waals surface area contributed by atoms with Crippen LogP contribution in [0.25, 0.3) is 0 Å². The Bertz CT molecular complexity index is 560. The smallest absolute Gasteiger partial charge is 0.142 e. The first-order chi connectivity index (χ1) is 10.2. The van der Waals surface area contributed by atoms with Gasteiger partial charge in [-0.05, 0) is 54.5 Å². The van der Waals surface area contributed by atoms with E-state index in [4.69, 9.17) is 11.6 Å². The highest BCUT2D eigenvalue weighted by molar-refractivity contribution is 6.30. The Hall–Kier alpha value is -1.34. The molecule has 2 aromatic carbocycles. The molecule has 0 nitrogen and oxygen atoms in total. The van der Waals surface area contributed by atoms with Gasteiger partial charge in [-0.3, -0.25) is 0 Å². The number of hydrogen-bond acceptors (Lipinski definition) is 0. The van der Waals surface area contributed by atoms with E-state index >= 15 is 0 Å². The number of benzene rings is 2. The number of unbranched alkanes of at least 4 members (excludes halogenated alkanes) is 2. The third-order valence-electron chi connectivity index (χ3n) is 3.78. The predicted molar refractivity (Wildman–Crippen MR) is 88.5 cm³/mol. The molecule has 0 saturated carbocycles. The maximum absolute atomic E-state index is 13.4. The van der Waals surface area contributed by atoms with Crippen LogP contribution in [-0.2, 0) is 19.3 Å². The normalized spacial score (nSPS) is 10.8. The summed E-state index contributed by atoms with van der Waals surface area (Å²) in [5.74, 6) is -0.333. The SMILES string of the molecule is CCCCCc1ccc(CCc2ccc(Cl)c(F)c2)cc1. The largest absolute Gasteiger partial charge is 0.205 e. The van der Waals surface area contributed by atoms with Gasteiger partial charge in [0.15, 0.2) is 0 Å². The van der Waals surface area contributed by atoms with E-state index in [0.29, 0.717) is 0 Å². The second-order valence-electron chi connectivity index (χ2n) is 5.52. The average molecular weight is 305 g/mol. The van der Waals surface area contributed by atoms with Crippen molar-refractivity contribution in [2.75, 3.05) is 0 Å². The van der Waals surface area contributed by atoms with E-state index < -0.39 is 0 Å². The Morgan fingerprint density at radius 2 is 1.38 bits per heavy atom. The van der Waals surface area contributed by atoms with Crippen LogP contribution in [0.2, 0.25) is 5.02 Å². The van der Waals surface area contributed by atoms with Crippen molar-refractivity contribution in [1.29, 1.82) is 0 Å². The highest BCUT2D eigenvalue weighted by Gasteiger charge is 2.02. The molecule has 0 unspecified atom stereocenters. The van der Waals surface area contributed by atoms with Crippen LogP contribution in [0.4, 0.5) is 4.39 Å². The fraction of sp³-hybridized carbons (Fsp3) is 0.368. The molecular weight excluding hydrogens is 283 g/mol. The van der Waals surface area contributed by atoms with Crippen molar-refractivity contribution >= 4 is 11.6 Å². The topological polar surface area (TPSA) is 0 Å². The van der Waals surface area contributed by atoms with Gasteiger partial charge in [-0.1, -0.05) is 61.7 Å². The molecule has 0 atom stereocenters. The summed E-state index contributed by atoms with van der Waals surface area (Å²) in [5.41, 5.74) is 3.69. The fourth-order valence-corrected chi connectivity index (χ4v) is 2.55. The molecule has 0 aliphatic rings. The number of rotatable bonds is 7. The van der Waals surface area contributed by atoms with Gasteiger partial charge >= 0.3 is 0 Å². The van der Waals surface area contributed by atoms with Gasteiger partial charge in [0.25, 0.3) is 0 Å². The second-order valence-corrected chi connectivity index (χ2v) is 5.93. The molecule has 0 bridgehead atoms. The Morgan fingerprint density at radius 3 is 2.00 bits per heavy atom. The summed E-state index contributed by atoms with van der Waals surface area (Å²) < 4.78 is 13.4. The van der Waals surface area contributed by atoms with Crippen LogP contribution in [0.1, 0.15) is 42.9 Å². The molecule has 0 aliphatic heterocycles. The Kier molecular flexibility index (Phi) is 6.25. The van der Waals surface area contributed by atoms with Crippen molar-refractivity contribution in [1.82, 2.24) is 0 Å². The van der Waals surface area contributed by atoms with Crippen molar-refractivity contribution in [3.8, 4) is 0 Å². The quantitative estimate of drug-likeness (QED) is 0.551. The molecule has 2 rings (SSSR count). The predicted octanol–water partition coefficient (Wildman–Crippen LogP) is 6.00. The van der Waals surface area contributed by atoms with E-state index in [-0.39, 0.29) is 10.8 Å². The number of halogens is 2. The third-order valence-corrected chi connectivity index (χ3v) is 4.08. The zero-order valence-corrected chi connectivity index (χ0v) is 13.3. The van der Waals surface area contributed by atoms with E-state index in [2.05, 4.69) is 31.2 Å². The molecular formula is C19H22ClF. The van der Waals surface area contributed by atoms with E-state index in [1.54, 1.807) is 6.07 Å². The first-order valence-corrected chi connectivity index (χ1v) is 8.08. The zero-order chi connectivity index (χ0) is 15.1. The van der Waals surface area contributed by atoms with Crippen molar-refractivity contribution in [2.45, 2.75) is 45.4 Å². The van der Waals surface area contributed by atoms with E-state index in [9.17, 15) is 4.39 Å². The summed E-state index contributed by atoms with van der Waals surface area (Å²) >= 11 is 5.69. The van der Waals surface area contributed by atoms with Gasteiger partial charge in [0.1, 0.15) is 5.82 Å². The fourth-order valence-electron chi connectivity index (χ4n) is 2.44. The molecule has 0 aromatic heterocycles. The minimum atomic E-state index is -0.333. The molecule has 0 fully saturated rings. The van der Waals surface area contributed by atoms with Gasteiger partial charge in [0.2, 0.25) is 0 Å². The lowest BCUT2D eigenvalue weighted by Gasteiger charge is -2.05. The molecule has 0 aliphatic carbocycles. The number of aryl methyl sites for hydroxylation is 3. The summed E-state index contributed by atoms with van der Waals surface area (Å²) in [7, 11) is 0. The average Bonchev–Trinajstić information content (AvgIpc) is 2.50. The van der Waals surface area contributed by atoms with Crippen LogP contribution in [0.15, 0.2) is 42.5 Å². The molecule has 2 heteroatoms. The molecule has 0 spiro atoms. The van der Waals surface area contributed by atoms with Gasteiger partial charge in [0, 0.05) is 0 Å². The van der Waals surface area contributed by atoms with Gasteiger partial charge in [-0.2, -0.15) is 0 Å². The van der Waals surface area contributed by atoms with Crippen LogP contribution in [0.3, 0.4) is 0 Å². The van der Waals surface area contributed by atoms with Crippen molar-refractivity contribution in [2.24, 2.45) is 0 Å². The molecule has 0 saturated heterocycles. The van der Waals surface area contributed by atoms with Crippen LogP contribution in [0.5, 0.6) is 0 Å². The lowest BCUT2D eigenvalue weighted by atomic mass is 10.0. The van der Waals surface area contributed by atoms with E-state index in [0.717, 1.165) is 24.8 Å². The van der Waals surface area contributed by atoms with Gasteiger partial charge in [-0.25, -0.2) is 4.39 Å². The second kappa shape index (κ2) is 8.19. The first-order valence-electron chi connectivity index (χ1n) is 7.71. The van der Waals surface area contributed by atoms with Crippen molar-refractivity contribution in [3.05, 3.63) is 70.0 Å². The lowest BCUT2D eigenvalue weighted by molar-refractivity contribution is 0.625. The first kappa shape index (κ1) is 16.0. The Balaban J connectivity index is 1.86. The van der Waals surface area contributed by atoms with Crippen LogP contribution < -0.4 is 0 Å². The molecule has 0 N–H and O–H groups in total. The van der Waals surface area contributed by atoms with Crippen molar-refractivity contribution in [3.63, 3.8) is 0 Å². The summed E-state index contributed by atoms with van der Waals surface area (Å²) in [5, 5.41) is 0.190. The highest BCUT2D eigenvalue weighted by atomic mass is 35.5.